The quantitative estimate of drug-likeness (QED) is 0.913. The first-order valence-electron chi connectivity index (χ1n) is 7.20. The fraction of sp³-hybridized carbons (Fsp3) is 0.786. The van der Waals surface area contributed by atoms with E-state index >= 15 is 0 Å². The molecule has 1 fully saturated rings. The Bertz CT molecular complexity index is 409. The predicted octanol–water partition coefficient (Wildman–Crippen LogP) is 3.11. The number of fused-ring (bicyclic) bond motifs is 1. The zero-order valence-electron chi connectivity index (χ0n) is 11.2. The highest BCUT2D eigenvalue weighted by molar-refractivity contribution is 7.15. The van der Waals surface area contributed by atoms with E-state index in [-0.39, 0.29) is 6.04 Å². The minimum atomic E-state index is 0.236. The van der Waals surface area contributed by atoms with Crippen molar-refractivity contribution < 1.29 is 0 Å². The fourth-order valence-electron chi connectivity index (χ4n) is 3.26. The summed E-state index contributed by atoms with van der Waals surface area (Å²) in [6.45, 7) is 1.17. The molecule has 3 rings (SSSR count). The zero-order chi connectivity index (χ0) is 12.5. The van der Waals surface area contributed by atoms with Gasteiger partial charge in [0, 0.05) is 24.5 Å². The van der Waals surface area contributed by atoms with Gasteiger partial charge >= 0.3 is 0 Å². The van der Waals surface area contributed by atoms with E-state index in [0.717, 1.165) is 18.8 Å². The van der Waals surface area contributed by atoms with Gasteiger partial charge in [-0.1, -0.05) is 12.8 Å². The molecular weight excluding hydrogens is 242 g/mol. The normalized spacial score (nSPS) is 24.2. The standard InChI is InChI=1S/C14H23N3S/c1-17(9-10-5-2-3-6-10)14-16-12-8-4-7-11(15)13(12)18-14/h10-11H,2-9,15H2,1H3. The van der Waals surface area contributed by atoms with Gasteiger partial charge in [-0.05, 0) is 38.0 Å². The zero-order valence-corrected chi connectivity index (χ0v) is 12.0. The van der Waals surface area contributed by atoms with Crippen molar-refractivity contribution in [3.63, 3.8) is 0 Å². The minimum Gasteiger partial charge on any atom is -0.351 e. The highest BCUT2D eigenvalue weighted by Crippen LogP contribution is 2.36. The summed E-state index contributed by atoms with van der Waals surface area (Å²) in [4.78, 5) is 8.50. The molecule has 1 aromatic heterocycles. The topological polar surface area (TPSA) is 42.2 Å². The van der Waals surface area contributed by atoms with Gasteiger partial charge < -0.3 is 10.6 Å². The van der Waals surface area contributed by atoms with Crippen molar-refractivity contribution in [1.82, 2.24) is 4.98 Å². The monoisotopic (exact) mass is 265 g/mol. The van der Waals surface area contributed by atoms with E-state index in [1.807, 2.05) is 11.3 Å². The van der Waals surface area contributed by atoms with Crippen LogP contribution in [0.5, 0.6) is 0 Å². The molecule has 0 spiro atoms. The molecule has 1 saturated carbocycles. The van der Waals surface area contributed by atoms with Gasteiger partial charge in [-0.3, -0.25) is 0 Å². The van der Waals surface area contributed by atoms with Crippen LogP contribution in [0.4, 0.5) is 5.13 Å². The van der Waals surface area contributed by atoms with Gasteiger partial charge in [0.1, 0.15) is 0 Å². The molecule has 4 heteroatoms. The van der Waals surface area contributed by atoms with Crippen LogP contribution >= 0.6 is 11.3 Å². The van der Waals surface area contributed by atoms with E-state index in [1.165, 1.54) is 54.4 Å². The highest BCUT2D eigenvalue weighted by Gasteiger charge is 2.24. The van der Waals surface area contributed by atoms with Crippen LogP contribution in [0.2, 0.25) is 0 Å². The summed E-state index contributed by atoms with van der Waals surface area (Å²) in [5, 5.41) is 1.18. The lowest BCUT2D eigenvalue weighted by Gasteiger charge is -2.19. The summed E-state index contributed by atoms with van der Waals surface area (Å²) in [6, 6.07) is 0.236. The third kappa shape index (κ3) is 2.41. The molecule has 2 N–H and O–H groups in total. The van der Waals surface area contributed by atoms with E-state index in [1.54, 1.807) is 0 Å². The predicted molar refractivity (Wildman–Crippen MR) is 77.2 cm³/mol. The van der Waals surface area contributed by atoms with E-state index < -0.39 is 0 Å². The van der Waals surface area contributed by atoms with Crippen LogP contribution in [0, 0.1) is 5.92 Å². The number of nitrogens with two attached hydrogens (primary N) is 1. The smallest absolute Gasteiger partial charge is 0.185 e. The summed E-state index contributed by atoms with van der Waals surface area (Å²) in [6.07, 6.45) is 9.07. The number of aromatic nitrogens is 1. The average molecular weight is 265 g/mol. The molecule has 0 bridgehead atoms. The summed E-state index contributed by atoms with van der Waals surface area (Å²) in [7, 11) is 2.19. The Hall–Kier alpha value is -0.610. The first kappa shape index (κ1) is 12.4. The number of nitrogens with zero attached hydrogens (tertiary/aromatic N) is 2. The van der Waals surface area contributed by atoms with Crippen LogP contribution in [0.1, 0.15) is 55.1 Å². The van der Waals surface area contributed by atoms with Crippen molar-refractivity contribution in [3.8, 4) is 0 Å². The summed E-state index contributed by atoms with van der Waals surface area (Å²) >= 11 is 1.82. The van der Waals surface area contributed by atoms with Crippen molar-refractivity contribution in [2.75, 3.05) is 18.5 Å². The molecule has 1 aromatic rings. The van der Waals surface area contributed by atoms with Gasteiger partial charge in [0.05, 0.1) is 5.69 Å². The number of anilines is 1. The molecule has 0 saturated heterocycles. The van der Waals surface area contributed by atoms with Crippen LogP contribution in [-0.4, -0.2) is 18.6 Å². The van der Waals surface area contributed by atoms with E-state index in [2.05, 4.69) is 11.9 Å². The summed E-state index contributed by atoms with van der Waals surface area (Å²) in [5.41, 5.74) is 7.45. The third-order valence-corrected chi connectivity index (χ3v) is 5.66. The molecule has 1 heterocycles. The van der Waals surface area contributed by atoms with Crippen LogP contribution < -0.4 is 10.6 Å². The van der Waals surface area contributed by atoms with E-state index in [9.17, 15) is 0 Å². The Balaban J connectivity index is 1.71. The Labute approximate surface area is 113 Å². The lowest BCUT2D eigenvalue weighted by Crippen LogP contribution is -2.23. The van der Waals surface area contributed by atoms with Crippen molar-refractivity contribution in [2.45, 2.75) is 51.0 Å². The summed E-state index contributed by atoms with van der Waals surface area (Å²) in [5.74, 6) is 0.879. The third-order valence-electron chi connectivity index (χ3n) is 4.32. The van der Waals surface area contributed by atoms with Gasteiger partial charge in [-0.25, -0.2) is 4.98 Å². The molecule has 0 aromatic carbocycles. The lowest BCUT2D eigenvalue weighted by atomic mass is 9.99. The Morgan fingerprint density at radius 3 is 2.78 bits per heavy atom. The molecule has 0 aliphatic heterocycles. The van der Waals surface area contributed by atoms with Crippen LogP contribution in [0.15, 0.2) is 0 Å². The van der Waals surface area contributed by atoms with Crippen LogP contribution in [-0.2, 0) is 6.42 Å². The molecule has 1 atom stereocenters. The van der Waals surface area contributed by atoms with E-state index in [4.69, 9.17) is 10.7 Å². The molecular formula is C14H23N3S. The van der Waals surface area contributed by atoms with Gasteiger partial charge in [0.15, 0.2) is 5.13 Å². The van der Waals surface area contributed by atoms with Crippen molar-refractivity contribution in [1.29, 1.82) is 0 Å². The second kappa shape index (κ2) is 5.17. The average Bonchev–Trinajstić information content (AvgIpc) is 2.97. The number of hydrogen-bond donors (Lipinski definition) is 1. The molecule has 100 valence electrons. The second-order valence-electron chi connectivity index (χ2n) is 5.84. The van der Waals surface area contributed by atoms with Crippen molar-refractivity contribution >= 4 is 16.5 Å². The van der Waals surface area contributed by atoms with Crippen LogP contribution in [0.3, 0.4) is 0 Å². The Morgan fingerprint density at radius 1 is 1.28 bits per heavy atom. The Morgan fingerprint density at radius 2 is 2.06 bits per heavy atom. The van der Waals surface area contributed by atoms with E-state index in [0.29, 0.717) is 0 Å². The first-order chi connectivity index (χ1) is 8.74. The molecule has 0 radical (unpaired) electrons. The maximum atomic E-state index is 6.18. The van der Waals surface area contributed by atoms with Gasteiger partial charge in [-0.2, -0.15) is 0 Å². The fourth-order valence-corrected chi connectivity index (χ4v) is 4.38. The molecule has 3 nitrogen and oxygen atoms in total. The maximum absolute atomic E-state index is 6.18. The molecule has 18 heavy (non-hydrogen) atoms. The minimum absolute atomic E-state index is 0.236. The highest BCUT2D eigenvalue weighted by atomic mass is 32.1. The molecule has 1 unspecified atom stereocenters. The second-order valence-corrected chi connectivity index (χ2v) is 6.85. The van der Waals surface area contributed by atoms with Gasteiger partial charge in [0.25, 0.3) is 0 Å². The van der Waals surface area contributed by atoms with Gasteiger partial charge in [-0.15, -0.1) is 11.3 Å². The number of rotatable bonds is 3. The molecule has 0 amide bonds. The summed E-state index contributed by atoms with van der Waals surface area (Å²) < 4.78 is 0. The van der Waals surface area contributed by atoms with Crippen molar-refractivity contribution in [3.05, 3.63) is 10.6 Å². The van der Waals surface area contributed by atoms with Crippen LogP contribution in [0.25, 0.3) is 0 Å². The first-order valence-corrected chi connectivity index (χ1v) is 8.02. The SMILES string of the molecule is CN(CC1CCCC1)c1nc2c(s1)C(N)CCC2. The lowest BCUT2D eigenvalue weighted by molar-refractivity contribution is 0.545. The van der Waals surface area contributed by atoms with Crippen molar-refractivity contribution in [2.24, 2.45) is 11.7 Å². The molecule has 2 aliphatic rings. The maximum Gasteiger partial charge on any atom is 0.185 e. The van der Waals surface area contributed by atoms with Gasteiger partial charge in [0.2, 0.25) is 0 Å². The number of hydrogen-bond acceptors (Lipinski definition) is 4. The molecule has 2 aliphatic carbocycles. The Kier molecular flexibility index (Phi) is 3.57. The number of aryl methyl sites for hydroxylation is 1. The number of thiazole rings is 1. The largest absolute Gasteiger partial charge is 0.351 e.